The molecule has 3 aromatic rings. The number of halogens is 1. The van der Waals surface area contributed by atoms with Crippen LogP contribution in [0.3, 0.4) is 0 Å². The second kappa shape index (κ2) is 11.5. The number of carbonyl (C=O) groups excluding carboxylic acids is 2. The van der Waals surface area contributed by atoms with Crippen molar-refractivity contribution in [3.63, 3.8) is 0 Å². The number of hydrazone groups is 1. The summed E-state index contributed by atoms with van der Waals surface area (Å²) in [6, 6.07) is 22.1. The van der Waals surface area contributed by atoms with Crippen molar-refractivity contribution < 1.29 is 14.3 Å². The largest absolute Gasteiger partial charge is 0.483 e. The molecular formula is C26H25BrN4O3. The van der Waals surface area contributed by atoms with Crippen molar-refractivity contribution in [2.45, 2.75) is 12.8 Å². The summed E-state index contributed by atoms with van der Waals surface area (Å²) in [7, 11) is 0. The minimum Gasteiger partial charge on any atom is -0.483 e. The summed E-state index contributed by atoms with van der Waals surface area (Å²) in [5.74, 6) is 0.00933. The van der Waals surface area contributed by atoms with Gasteiger partial charge in [0.25, 0.3) is 11.8 Å². The SMILES string of the molecule is O=C(COc1ccc(/C=N\NC(=O)c2ccc(N3CCCC3)cc2)cc1Br)Nc1ccccc1. The Hall–Kier alpha value is -3.65. The number of carbonyl (C=O) groups is 2. The topological polar surface area (TPSA) is 83.0 Å². The van der Waals surface area contributed by atoms with Gasteiger partial charge in [0, 0.05) is 30.0 Å². The molecule has 0 aliphatic carbocycles. The van der Waals surface area contributed by atoms with Gasteiger partial charge in [-0.05, 0) is 88.9 Å². The Morgan fingerprint density at radius 1 is 1.00 bits per heavy atom. The van der Waals surface area contributed by atoms with Gasteiger partial charge in [-0.2, -0.15) is 5.10 Å². The van der Waals surface area contributed by atoms with Gasteiger partial charge in [0.05, 0.1) is 10.7 Å². The van der Waals surface area contributed by atoms with Gasteiger partial charge < -0.3 is 15.0 Å². The quantitative estimate of drug-likeness (QED) is 0.329. The predicted octanol–water partition coefficient (Wildman–Crippen LogP) is 4.83. The van der Waals surface area contributed by atoms with Crippen molar-refractivity contribution in [2.24, 2.45) is 5.10 Å². The van der Waals surface area contributed by atoms with Crippen molar-refractivity contribution in [2.75, 3.05) is 29.9 Å². The Labute approximate surface area is 206 Å². The van der Waals surface area contributed by atoms with E-state index in [1.807, 2.05) is 54.6 Å². The van der Waals surface area contributed by atoms with Crippen LogP contribution in [0.25, 0.3) is 0 Å². The summed E-state index contributed by atoms with van der Waals surface area (Å²) < 4.78 is 6.27. The molecule has 1 saturated heterocycles. The fourth-order valence-corrected chi connectivity index (χ4v) is 4.12. The van der Waals surface area contributed by atoms with E-state index in [4.69, 9.17) is 4.74 Å². The van der Waals surface area contributed by atoms with Gasteiger partial charge in [-0.15, -0.1) is 0 Å². The predicted molar refractivity (Wildman–Crippen MR) is 138 cm³/mol. The molecule has 0 aromatic heterocycles. The second-order valence-electron chi connectivity index (χ2n) is 7.83. The summed E-state index contributed by atoms with van der Waals surface area (Å²) in [5.41, 5.74) is 5.72. The molecule has 1 fully saturated rings. The van der Waals surface area contributed by atoms with Crippen LogP contribution in [0.5, 0.6) is 5.75 Å². The lowest BCUT2D eigenvalue weighted by molar-refractivity contribution is -0.118. The van der Waals surface area contributed by atoms with Crippen molar-refractivity contribution in [3.8, 4) is 5.75 Å². The molecule has 0 saturated carbocycles. The first-order chi connectivity index (χ1) is 16.6. The van der Waals surface area contributed by atoms with Crippen molar-refractivity contribution >= 4 is 45.3 Å². The average Bonchev–Trinajstić information content (AvgIpc) is 3.39. The molecule has 0 radical (unpaired) electrons. The zero-order valence-corrected chi connectivity index (χ0v) is 20.1. The molecule has 8 heteroatoms. The normalized spacial score (nSPS) is 13.1. The third kappa shape index (κ3) is 6.45. The molecule has 3 aromatic carbocycles. The number of hydrogen-bond acceptors (Lipinski definition) is 5. The molecule has 174 valence electrons. The number of hydrogen-bond donors (Lipinski definition) is 2. The van der Waals surface area contributed by atoms with Gasteiger partial charge in [-0.1, -0.05) is 18.2 Å². The summed E-state index contributed by atoms with van der Waals surface area (Å²) in [6.07, 6.45) is 3.97. The van der Waals surface area contributed by atoms with Crippen LogP contribution in [0.2, 0.25) is 0 Å². The minimum absolute atomic E-state index is 0.118. The number of anilines is 2. The minimum atomic E-state index is -0.271. The molecule has 2 N–H and O–H groups in total. The standard InChI is InChI=1S/C26H25BrN4O3/c27-23-16-19(8-13-24(23)34-18-25(32)29-21-6-2-1-3-7-21)17-28-30-26(33)20-9-11-22(12-10-20)31-14-4-5-15-31/h1-3,6-13,16-17H,4-5,14-15,18H2,(H,29,32)(H,30,33)/b28-17-. The monoisotopic (exact) mass is 520 g/mol. The molecule has 34 heavy (non-hydrogen) atoms. The maximum Gasteiger partial charge on any atom is 0.271 e. The van der Waals surface area contributed by atoms with Crippen LogP contribution < -0.4 is 20.4 Å². The summed E-state index contributed by atoms with van der Waals surface area (Å²) in [4.78, 5) is 26.7. The Bertz CT molecular complexity index is 1160. The molecule has 1 aliphatic rings. The lowest BCUT2D eigenvalue weighted by Gasteiger charge is -2.17. The maximum absolute atomic E-state index is 12.4. The van der Waals surface area contributed by atoms with Gasteiger partial charge in [0.1, 0.15) is 5.75 Å². The van der Waals surface area contributed by atoms with Gasteiger partial charge in [0.2, 0.25) is 0 Å². The van der Waals surface area contributed by atoms with Crippen LogP contribution in [0, 0.1) is 0 Å². The molecule has 0 atom stereocenters. The van der Waals surface area contributed by atoms with Crippen LogP contribution in [0.15, 0.2) is 82.4 Å². The first-order valence-electron chi connectivity index (χ1n) is 11.0. The highest BCUT2D eigenvalue weighted by atomic mass is 79.9. The zero-order chi connectivity index (χ0) is 23.8. The molecule has 7 nitrogen and oxygen atoms in total. The van der Waals surface area contributed by atoms with Crippen molar-refractivity contribution in [1.29, 1.82) is 0 Å². The van der Waals surface area contributed by atoms with Gasteiger partial charge >= 0.3 is 0 Å². The van der Waals surface area contributed by atoms with E-state index >= 15 is 0 Å². The molecule has 4 rings (SSSR count). The van der Waals surface area contributed by atoms with E-state index in [1.165, 1.54) is 12.8 Å². The van der Waals surface area contributed by atoms with Crippen molar-refractivity contribution in [3.05, 3.63) is 88.4 Å². The first-order valence-corrected chi connectivity index (χ1v) is 11.8. The number of rotatable bonds is 8. The van der Waals surface area contributed by atoms with E-state index in [-0.39, 0.29) is 18.4 Å². The lowest BCUT2D eigenvalue weighted by Crippen LogP contribution is -2.20. The van der Waals surface area contributed by atoms with Crippen LogP contribution in [0.1, 0.15) is 28.8 Å². The summed E-state index contributed by atoms with van der Waals surface area (Å²) in [5, 5.41) is 6.82. The highest BCUT2D eigenvalue weighted by molar-refractivity contribution is 9.10. The number of amides is 2. The second-order valence-corrected chi connectivity index (χ2v) is 8.69. The number of nitrogens with zero attached hydrogens (tertiary/aromatic N) is 2. The van der Waals surface area contributed by atoms with E-state index in [0.29, 0.717) is 21.5 Å². The number of nitrogens with one attached hydrogen (secondary N) is 2. The van der Waals surface area contributed by atoms with Crippen LogP contribution >= 0.6 is 15.9 Å². The summed E-state index contributed by atoms with van der Waals surface area (Å²) in [6.45, 7) is 2.01. The van der Waals surface area contributed by atoms with Crippen molar-refractivity contribution in [1.82, 2.24) is 5.43 Å². The Balaban J connectivity index is 1.26. The summed E-state index contributed by atoms with van der Waals surface area (Å²) >= 11 is 3.45. The fourth-order valence-electron chi connectivity index (χ4n) is 3.61. The van der Waals surface area contributed by atoms with Gasteiger partial charge in [-0.25, -0.2) is 5.43 Å². The third-order valence-corrected chi connectivity index (χ3v) is 5.97. The smallest absolute Gasteiger partial charge is 0.271 e. The molecule has 0 unspecified atom stereocenters. The Kier molecular flexibility index (Phi) is 7.93. The molecular weight excluding hydrogens is 496 g/mol. The van der Waals surface area contributed by atoms with Gasteiger partial charge in [0.15, 0.2) is 6.61 Å². The lowest BCUT2D eigenvalue weighted by atomic mass is 10.2. The highest BCUT2D eigenvalue weighted by Crippen LogP contribution is 2.25. The molecule has 2 amide bonds. The maximum atomic E-state index is 12.4. The van der Waals surface area contributed by atoms with E-state index < -0.39 is 0 Å². The van der Waals surface area contributed by atoms with E-state index in [2.05, 4.69) is 36.7 Å². The molecule has 0 spiro atoms. The van der Waals surface area contributed by atoms with Gasteiger partial charge in [-0.3, -0.25) is 9.59 Å². The Morgan fingerprint density at radius 2 is 1.74 bits per heavy atom. The molecule has 1 aliphatic heterocycles. The van der Waals surface area contributed by atoms with Crippen LogP contribution in [-0.4, -0.2) is 37.7 Å². The average molecular weight is 521 g/mol. The number of para-hydroxylation sites is 1. The fraction of sp³-hybridized carbons (Fsp3) is 0.192. The van der Waals surface area contributed by atoms with E-state index in [0.717, 1.165) is 24.3 Å². The van der Waals surface area contributed by atoms with E-state index in [1.54, 1.807) is 24.4 Å². The van der Waals surface area contributed by atoms with Crippen LogP contribution in [-0.2, 0) is 4.79 Å². The van der Waals surface area contributed by atoms with E-state index in [9.17, 15) is 9.59 Å². The molecule has 0 bridgehead atoms. The zero-order valence-electron chi connectivity index (χ0n) is 18.5. The molecule has 1 heterocycles. The number of benzene rings is 3. The van der Waals surface area contributed by atoms with Crippen LogP contribution in [0.4, 0.5) is 11.4 Å². The number of ether oxygens (including phenoxy) is 1. The first kappa shape index (κ1) is 23.5. The third-order valence-electron chi connectivity index (χ3n) is 5.35. The Morgan fingerprint density at radius 3 is 2.44 bits per heavy atom. The highest BCUT2D eigenvalue weighted by Gasteiger charge is 2.13.